The summed E-state index contributed by atoms with van der Waals surface area (Å²) in [5, 5.41) is 0.939. The maximum Gasteiger partial charge on any atom is 0.0335 e. The van der Waals surface area contributed by atoms with Crippen LogP contribution >= 0.6 is 23.5 Å². The summed E-state index contributed by atoms with van der Waals surface area (Å²) < 4.78 is 0. The molecule has 2 atom stereocenters. The topological polar surface area (TPSA) is 0 Å². The molecular weight excluding hydrogens is 400 g/mol. The Labute approximate surface area is 190 Å². The monoisotopic (exact) mass is 432 g/mol. The summed E-state index contributed by atoms with van der Waals surface area (Å²) >= 11 is 3.95. The molecular formula is C28H32S2. The molecule has 0 aromatic heterocycles. The molecule has 2 heteroatoms. The molecule has 0 aliphatic heterocycles. The fourth-order valence-corrected chi connectivity index (χ4v) is 6.47. The van der Waals surface area contributed by atoms with E-state index in [1.807, 2.05) is 23.5 Å². The van der Waals surface area contributed by atoms with E-state index in [1.54, 1.807) is 11.1 Å². The maximum atomic E-state index is 2.42. The average molecular weight is 433 g/mol. The molecule has 0 fully saturated rings. The van der Waals surface area contributed by atoms with Gasteiger partial charge in [0.1, 0.15) is 0 Å². The lowest BCUT2D eigenvalue weighted by molar-refractivity contribution is 0.874. The zero-order valence-corrected chi connectivity index (χ0v) is 20.6. The first-order valence-corrected chi connectivity index (χ1v) is 13.4. The quantitative estimate of drug-likeness (QED) is 0.400. The average Bonchev–Trinajstić information content (AvgIpc) is 2.78. The van der Waals surface area contributed by atoms with E-state index >= 15 is 0 Å². The van der Waals surface area contributed by atoms with Gasteiger partial charge in [0.25, 0.3) is 0 Å². The molecule has 2 aliphatic rings. The summed E-state index contributed by atoms with van der Waals surface area (Å²) in [6.45, 7) is 9.37. The third-order valence-corrected chi connectivity index (χ3v) is 9.15. The molecule has 5 rings (SSSR count). The number of rotatable bonds is 2. The predicted octanol–water partition coefficient (Wildman–Crippen LogP) is 8.19. The minimum atomic E-state index is 0.470. The molecule has 0 N–H and O–H groups in total. The van der Waals surface area contributed by atoms with Gasteiger partial charge in [0.05, 0.1) is 0 Å². The first-order chi connectivity index (χ1) is 14.4. The minimum absolute atomic E-state index is 0.470. The third-order valence-electron chi connectivity index (χ3n) is 7.13. The van der Waals surface area contributed by atoms with Crippen molar-refractivity contribution in [2.24, 2.45) is 0 Å². The van der Waals surface area contributed by atoms with Crippen molar-refractivity contribution in [2.75, 3.05) is 12.5 Å². The van der Waals surface area contributed by atoms with E-state index in [0.717, 1.165) is 12.8 Å². The lowest BCUT2D eigenvalue weighted by Gasteiger charge is -2.26. The molecule has 0 amide bonds. The summed E-state index contributed by atoms with van der Waals surface area (Å²) in [5.74, 6) is 0. The van der Waals surface area contributed by atoms with Crippen LogP contribution in [0.1, 0.15) is 55.0 Å². The Hall–Kier alpha value is -1.64. The van der Waals surface area contributed by atoms with Crippen molar-refractivity contribution >= 4 is 23.5 Å². The fraction of sp³-hybridized carbons (Fsp3) is 0.357. The molecule has 156 valence electrons. The zero-order valence-electron chi connectivity index (χ0n) is 19.0. The Morgan fingerprint density at radius 3 is 1.30 bits per heavy atom. The highest BCUT2D eigenvalue weighted by atomic mass is 32.2. The van der Waals surface area contributed by atoms with Gasteiger partial charge < -0.3 is 0 Å². The van der Waals surface area contributed by atoms with E-state index in [2.05, 4.69) is 88.7 Å². The molecule has 30 heavy (non-hydrogen) atoms. The van der Waals surface area contributed by atoms with Crippen LogP contribution in [0.5, 0.6) is 0 Å². The summed E-state index contributed by atoms with van der Waals surface area (Å²) in [4.78, 5) is 0. The summed E-state index contributed by atoms with van der Waals surface area (Å²) in [6, 6.07) is 18.4. The SMILES string of the molecule is CSC1Cc2c(C)c(C)c(c(C)c2C)CC(SC)c2cccc(c2)-c2cccc1c2. The minimum Gasteiger partial charge on any atom is -0.157 e. The van der Waals surface area contributed by atoms with Gasteiger partial charge in [-0.1, -0.05) is 48.5 Å². The highest BCUT2D eigenvalue weighted by Gasteiger charge is 2.22. The van der Waals surface area contributed by atoms with E-state index < -0.39 is 0 Å². The number of hydrogen-bond acceptors (Lipinski definition) is 2. The second-order valence-corrected chi connectivity index (χ2v) is 10.6. The second-order valence-electron chi connectivity index (χ2n) is 8.56. The van der Waals surface area contributed by atoms with Crippen LogP contribution in [0.3, 0.4) is 0 Å². The van der Waals surface area contributed by atoms with Crippen molar-refractivity contribution < 1.29 is 0 Å². The standard InChI is InChI=1S/C28H32S2/c1-17-18(2)26-16-28(30-6)24-12-8-10-22(14-24)21-9-7-11-23(13-21)27(29-5)15-25(17)19(3)20(26)4/h7-14,27-28H,15-16H2,1-6H3. The summed E-state index contributed by atoms with van der Waals surface area (Å²) in [7, 11) is 0. The Kier molecular flexibility index (Phi) is 6.36. The van der Waals surface area contributed by atoms with Gasteiger partial charge in [-0.05, 0) is 109 Å². The van der Waals surface area contributed by atoms with Gasteiger partial charge in [0.2, 0.25) is 0 Å². The number of benzene rings is 3. The van der Waals surface area contributed by atoms with E-state index in [4.69, 9.17) is 0 Å². The van der Waals surface area contributed by atoms with Crippen molar-refractivity contribution in [3.05, 3.63) is 93.0 Å². The number of fused-ring (bicyclic) bond motifs is 4. The van der Waals surface area contributed by atoms with Crippen molar-refractivity contribution in [3.8, 4) is 11.1 Å². The Balaban J connectivity index is 2.00. The highest BCUT2D eigenvalue weighted by molar-refractivity contribution is 7.99. The van der Waals surface area contributed by atoms with E-state index in [1.165, 1.54) is 44.5 Å². The van der Waals surface area contributed by atoms with Crippen molar-refractivity contribution in [1.82, 2.24) is 0 Å². The van der Waals surface area contributed by atoms with Crippen LogP contribution in [0.15, 0.2) is 48.5 Å². The van der Waals surface area contributed by atoms with Gasteiger partial charge >= 0.3 is 0 Å². The second kappa shape index (κ2) is 8.85. The van der Waals surface area contributed by atoms with Gasteiger partial charge in [-0.3, -0.25) is 0 Å². The molecule has 0 radical (unpaired) electrons. The van der Waals surface area contributed by atoms with Crippen molar-refractivity contribution in [1.29, 1.82) is 0 Å². The van der Waals surface area contributed by atoms with Gasteiger partial charge in [0.15, 0.2) is 0 Å². The van der Waals surface area contributed by atoms with Crippen LogP contribution in [0.2, 0.25) is 0 Å². The van der Waals surface area contributed by atoms with Crippen molar-refractivity contribution in [3.63, 3.8) is 0 Å². The molecule has 0 saturated carbocycles. The van der Waals surface area contributed by atoms with Crippen LogP contribution in [0, 0.1) is 27.7 Å². The van der Waals surface area contributed by atoms with Crippen LogP contribution < -0.4 is 0 Å². The molecule has 2 unspecified atom stereocenters. The van der Waals surface area contributed by atoms with Crippen molar-refractivity contribution in [2.45, 2.75) is 51.0 Å². The molecule has 0 nitrogen and oxygen atoms in total. The zero-order chi connectivity index (χ0) is 21.4. The van der Waals surface area contributed by atoms with Gasteiger partial charge in [-0.25, -0.2) is 0 Å². The molecule has 3 aromatic carbocycles. The van der Waals surface area contributed by atoms with Crippen LogP contribution in [-0.2, 0) is 12.8 Å². The van der Waals surface area contributed by atoms with Gasteiger partial charge in [-0.2, -0.15) is 23.5 Å². The first-order valence-electron chi connectivity index (χ1n) is 10.8. The lowest BCUT2D eigenvalue weighted by Crippen LogP contribution is -2.11. The van der Waals surface area contributed by atoms with E-state index in [0.29, 0.717) is 10.5 Å². The molecule has 2 aliphatic carbocycles. The van der Waals surface area contributed by atoms with Crippen LogP contribution in [-0.4, -0.2) is 12.5 Å². The Morgan fingerprint density at radius 1 is 0.600 bits per heavy atom. The van der Waals surface area contributed by atoms with Crippen LogP contribution in [0.25, 0.3) is 11.1 Å². The largest absolute Gasteiger partial charge is 0.157 e. The summed E-state index contributed by atoms with van der Waals surface area (Å²) in [6.07, 6.45) is 6.69. The van der Waals surface area contributed by atoms with E-state index in [9.17, 15) is 0 Å². The summed E-state index contributed by atoms with van der Waals surface area (Å²) in [5.41, 5.74) is 14.6. The smallest absolute Gasteiger partial charge is 0.0335 e. The fourth-order valence-electron chi connectivity index (χ4n) is 4.96. The molecule has 3 aromatic rings. The Morgan fingerprint density at radius 2 is 0.967 bits per heavy atom. The predicted molar refractivity (Wildman–Crippen MR) is 137 cm³/mol. The third kappa shape index (κ3) is 3.85. The van der Waals surface area contributed by atoms with Crippen LogP contribution in [0.4, 0.5) is 0 Å². The highest BCUT2D eigenvalue weighted by Crippen LogP contribution is 2.40. The normalized spacial score (nSPS) is 18.3. The van der Waals surface area contributed by atoms with Gasteiger partial charge in [0, 0.05) is 10.5 Å². The number of hydrogen-bond donors (Lipinski definition) is 0. The molecule has 0 saturated heterocycles. The van der Waals surface area contributed by atoms with E-state index in [-0.39, 0.29) is 0 Å². The first kappa shape index (κ1) is 21.6. The maximum absolute atomic E-state index is 2.42. The Bertz CT molecular complexity index is 964. The molecule has 0 spiro atoms. The number of thioether (sulfide) groups is 2. The molecule has 0 heterocycles. The molecule has 6 bridgehead atoms. The lowest BCUT2D eigenvalue weighted by atomic mass is 9.83. The van der Waals surface area contributed by atoms with Gasteiger partial charge in [-0.15, -0.1) is 0 Å².